The molecule has 0 saturated carbocycles. The third-order valence-electron chi connectivity index (χ3n) is 6.14. The predicted molar refractivity (Wildman–Crippen MR) is 128 cm³/mol. The van der Waals surface area contributed by atoms with Crippen LogP contribution in [0.1, 0.15) is 24.0 Å². The summed E-state index contributed by atoms with van der Waals surface area (Å²) in [6, 6.07) is 21.0. The summed E-state index contributed by atoms with van der Waals surface area (Å²) in [5.74, 6) is 0.0302. The fraction of sp³-hybridized carbons (Fsp3) is 0.192. The van der Waals surface area contributed by atoms with E-state index in [0.717, 1.165) is 28.9 Å². The number of carbonyl (C=O) groups excluding carboxylic acids is 3. The highest BCUT2D eigenvalue weighted by Gasteiger charge is 2.54. The average Bonchev–Trinajstić information content (AvgIpc) is 3.06. The Bertz CT molecular complexity index is 1280. The van der Waals surface area contributed by atoms with Crippen molar-refractivity contribution < 1.29 is 19.1 Å². The predicted octanol–water partition coefficient (Wildman–Crippen LogP) is 4.85. The second kappa shape index (κ2) is 8.83. The van der Waals surface area contributed by atoms with Crippen molar-refractivity contribution >= 4 is 35.1 Å². The highest BCUT2D eigenvalue weighted by atomic mass is 35.5. The van der Waals surface area contributed by atoms with E-state index in [1.807, 2.05) is 42.5 Å². The zero-order valence-corrected chi connectivity index (χ0v) is 19.0. The summed E-state index contributed by atoms with van der Waals surface area (Å²) in [5.41, 5.74) is 1.06. The average molecular weight is 476 g/mol. The highest BCUT2D eigenvalue weighted by molar-refractivity contribution is 6.31. The number of carbonyl (C=O) groups is 3. The molecule has 7 nitrogen and oxygen atoms in total. The Kier molecular flexibility index (Phi) is 5.71. The number of hydrogen-bond acceptors (Lipinski definition) is 4. The number of halogens is 1. The zero-order valence-electron chi connectivity index (χ0n) is 18.2. The minimum atomic E-state index is -1.12. The number of amides is 4. The first-order chi connectivity index (χ1) is 16.5. The number of benzene rings is 3. The molecule has 1 unspecified atom stereocenters. The summed E-state index contributed by atoms with van der Waals surface area (Å²) >= 11 is 6.13. The molecule has 1 aliphatic carbocycles. The van der Waals surface area contributed by atoms with Crippen LogP contribution in [-0.2, 0) is 21.5 Å². The number of fused-ring (bicyclic) bond motifs is 2. The van der Waals surface area contributed by atoms with Gasteiger partial charge in [-0.1, -0.05) is 54.1 Å². The maximum Gasteiger partial charge on any atom is 0.325 e. The normalized spacial score (nSPS) is 19.0. The molecule has 1 fully saturated rings. The summed E-state index contributed by atoms with van der Waals surface area (Å²) in [7, 11) is 0. The van der Waals surface area contributed by atoms with Gasteiger partial charge in [0, 0.05) is 5.02 Å². The molecule has 2 aliphatic rings. The fourth-order valence-corrected chi connectivity index (χ4v) is 4.76. The van der Waals surface area contributed by atoms with Gasteiger partial charge in [0.25, 0.3) is 5.91 Å². The van der Waals surface area contributed by atoms with Crippen LogP contribution >= 0.6 is 11.6 Å². The molecule has 8 heteroatoms. The number of anilines is 1. The molecule has 34 heavy (non-hydrogen) atoms. The summed E-state index contributed by atoms with van der Waals surface area (Å²) in [5, 5.41) is 5.99. The van der Waals surface area contributed by atoms with Crippen molar-refractivity contribution in [2.75, 3.05) is 11.9 Å². The lowest BCUT2D eigenvalue weighted by atomic mass is 9.76. The molecule has 0 bridgehead atoms. The maximum atomic E-state index is 13.4. The zero-order chi connectivity index (χ0) is 23.7. The maximum absolute atomic E-state index is 13.4. The Balaban J connectivity index is 1.35. The van der Waals surface area contributed by atoms with Crippen LogP contribution in [0.25, 0.3) is 0 Å². The molecule has 1 spiro atoms. The molecule has 5 rings (SSSR count). The SMILES string of the molecule is O=C(CN1C(=O)NC2(CCCc3ccccc32)C1=O)Nc1cc(Cl)ccc1Oc1ccccc1. The second-order valence-electron chi connectivity index (χ2n) is 8.34. The first kappa shape index (κ1) is 22.0. The number of nitrogens with zero attached hydrogens (tertiary/aromatic N) is 1. The fourth-order valence-electron chi connectivity index (χ4n) is 4.59. The van der Waals surface area contributed by atoms with Crippen molar-refractivity contribution in [3.05, 3.63) is 88.9 Å². The van der Waals surface area contributed by atoms with Crippen LogP contribution in [0.3, 0.4) is 0 Å². The van der Waals surface area contributed by atoms with Crippen LogP contribution in [0.4, 0.5) is 10.5 Å². The lowest BCUT2D eigenvalue weighted by Gasteiger charge is -2.33. The Morgan fingerprint density at radius 3 is 2.65 bits per heavy atom. The number of ether oxygens (including phenoxy) is 1. The molecule has 1 atom stereocenters. The molecule has 3 aromatic rings. The minimum Gasteiger partial charge on any atom is -0.455 e. The van der Waals surface area contributed by atoms with E-state index in [-0.39, 0.29) is 0 Å². The summed E-state index contributed by atoms with van der Waals surface area (Å²) < 4.78 is 5.87. The number of para-hydroxylation sites is 1. The summed E-state index contributed by atoms with van der Waals surface area (Å²) in [6.45, 7) is -0.425. The Labute approximate surface area is 201 Å². The van der Waals surface area contributed by atoms with Crippen LogP contribution in [0, 0.1) is 0 Å². The van der Waals surface area contributed by atoms with Gasteiger partial charge in [0.2, 0.25) is 5.91 Å². The smallest absolute Gasteiger partial charge is 0.325 e. The number of urea groups is 1. The quantitative estimate of drug-likeness (QED) is 0.516. The van der Waals surface area contributed by atoms with Gasteiger partial charge >= 0.3 is 6.03 Å². The molecule has 2 N–H and O–H groups in total. The van der Waals surface area contributed by atoms with Gasteiger partial charge in [-0.25, -0.2) is 4.79 Å². The van der Waals surface area contributed by atoms with Crippen molar-refractivity contribution in [2.24, 2.45) is 0 Å². The van der Waals surface area contributed by atoms with E-state index in [1.54, 1.807) is 30.3 Å². The number of imide groups is 1. The van der Waals surface area contributed by atoms with E-state index in [4.69, 9.17) is 16.3 Å². The Morgan fingerprint density at radius 1 is 1.06 bits per heavy atom. The van der Waals surface area contributed by atoms with Crippen LogP contribution in [0.15, 0.2) is 72.8 Å². The molecular formula is C26H22ClN3O4. The second-order valence-corrected chi connectivity index (χ2v) is 8.78. The minimum absolute atomic E-state index is 0.339. The van der Waals surface area contributed by atoms with E-state index in [1.165, 1.54) is 0 Å². The Hall–Kier alpha value is -3.84. The van der Waals surface area contributed by atoms with Gasteiger partial charge in [0.05, 0.1) is 5.69 Å². The molecule has 0 aromatic heterocycles. The van der Waals surface area contributed by atoms with Gasteiger partial charge < -0.3 is 15.4 Å². The van der Waals surface area contributed by atoms with Crippen LogP contribution in [-0.4, -0.2) is 29.3 Å². The van der Waals surface area contributed by atoms with Crippen molar-refractivity contribution in [2.45, 2.75) is 24.8 Å². The van der Waals surface area contributed by atoms with Gasteiger partial charge in [-0.3, -0.25) is 14.5 Å². The van der Waals surface area contributed by atoms with E-state index in [0.29, 0.717) is 28.6 Å². The molecule has 4 amide bonds. The number of rotatable bonds is 5. The van der Waals surface area contributed by atoms with Gasteiger partial charge in [-0.05, 0) is 60.7 Å². The number of nitrogens with one attached hydrogen (secondary N) is 2. The number of hydrogen-bond donors (Lipinski definition) is 2. The summed E-state index contributed by atoms with van der Waals surface area (Å²) in [4.78, 5) is 40.1. The lowest BCUT2D eigenvalue weighted by Crippen LogP contribution is -2.47. The van der Waals surface area contributed by atoms with E-state index in [9.17, 15) is 14.4 Å². The molecular weight excluding hydrogens is 454 g/mol. The molecule has 1 saturated heterocycles. The first-order valence-corrected chi connectivity index (χ1v) is 11.4. The molecule has 1 heterocycles. The van der Waals surface area contributed by atoms with Crippen LogP contribution < -0.4 is 15.4 Å². The lowest BCUT2D eigenvalue weighted by molar-refractivity contribution is -0.134. The van der Waals surface area contributed by atoms with Gasteiger partial charge in [0.15, 0.2) is 5.75 Å². The van der Waals surface area contributed by atoms with E-state index < -0.39 is 29.9 Å². The molecule has 172 valence electrons. The third kappa shape index (κ3) is 3.99. The van der Waals surface area contributed by atoms with E-state index in [2.05, 4.69) is 10.6 Å². The van der Waals surface area contributed by atoms with Gasteiger partial charge in [-0.2, -0.15) is 0 Å². The molecule has 1 aliphatic heterocycles. The van der Waals surface area contributed by atoms with Crippen molar-refractivity contribution in [3.63, 3.8) is 0 Å². The topological polar surface area (TPSA) is 87.7 Å². The Morgan fingerprint density at radius 2 is 1.82 bits per heavy atom. The van der Waals surface area contributed by atoms with Crippen molar-refractivity contribution in [3.8, 4) is 11.5 Å². The highest BCUT2D eigenvalue weighted by Crippen LogP contribution is 2.40. The molecule has 0 radical (unpaired) electrons. The molecule has 3 aromatic carbocycles. The first-order valence-electron chi connectivity index (χ1n) is 11.0. The van der Waals surface area contributed by atoms with Gasteiger partial charge in [-0.15, -0.1) is 0 Å². The third-order valence-corrected chi connectivity index (χ3v) is 6.37. The summed E-state index contributed by atoms with van der Waals surface area (Å²) in [6.07, 6.45) is 2.11. The number of aryl methyl sites for hydroxylation is 1. The van der Waals surface area contributed by atoms with E-state index >= 15 is 0 Å². The van der Waals surface area contributed by atoms with Crippen LogP contribution in [0.2, 0.25) is 5.02 Å². The van der Waals surface area contributed by atoms with Crippen LogP contribution in [0.5, 0.6) is 11.5 Å². The largest absolute Gasteiger partial charge is 0.455 e. The monoisotopic (exact) mass is 475 g/mol. The standard InChI is InChI=1S/C26H22ClN3O4/c27-18-12-13-22(34-19-9-2-1-3-10-19)21(15-18)28-23(31)16-30-24(32)26(29-25(30)33)14-6-8-17-7-4-5-11-20(17)26/h1-5,7,9-13,15H,6,8,14,16H2,(H,28,31)(H,29,33). The van der Waals surface area contributed by atoms with Crippen molar-refractivity contribution in [1.82, 2.24) is 10.2 Å². The van der Waals surface area contributed by atoms with Crippen molar-refractivity contribution in [1.29, 1.82) is 0 Å². The van der Waals surface area contributed by atoms with Gasteiger partial charge in [0.1, 0.15) is 17.8 Å².